The molecule has 2 aromatic rings. The molecule has 2 rings (SSSR count). The van der Waals surface area contributed by atoms with E-state index < -0.39 is 6.10 Å². The van der Waals surface area contributed by atoms with Gasteiger partial charge in [0.15, 0.2) is 0 Å². The number of benzene rings is 1. The van der Waals surface area contributed by atoms with Crippen LogP contribution in [0, 0.1) is 13.8 Å². The molecule has 1 aromatic carbocycles. The Hall–Kier alpha value is -1.61. The summed E-state index contributed by atoms with van der Waals surface area (Å²) in [7, 11) is 0. The lowest BCUT2D eigenvalue weighted by Crippen LogP contribution is -2.01. The third kappa shape index (κ3) is 2.39. The maximum atomic E-state index is 10.3. The number of hydrogen-bond donors (Lipinski definition) is 1. The van der Waals surface area contributed by atoms with Crippen molar-refractivity contribution in [3.63, 3.8) is 0 Å². The molecule has 0 radical (unpaired) electrons. The highest BCUT2D eigenvalue weighted by atomic mass is 16.3. The van der Waals surface area contributed by atoms with Crippen LogP contribution in [0.2, 0.25) is 0 Å². The van der Waals surface area contributed by atoms with Gasteiger partial charge in [-0.1, -0.05) is 23.8 Å². The summed E-state index contributed by atoms with van der Waals surface area (Å²) in [5.74, 6) is 0. The molecule has 0 aliphatic rings. The number of hydrogen-bond acceptors (Lipinski definition) is 2. The first-order chi connectivity index (χ1) is 8.11. The zero-order valence-corrected chi connectivity index (χ0v) is 10.5. The van der Waals surface area contributed by atoms with Crippen LogP contribution in [0.1, 0.15) is 35.3 Å². The van der Waals surface area contributed by atoms with Crippen LogP contribution in [0.4, 0.5) is 0 Å². The Balaban J connectivity index is 2.33. The van der Waals surface area contributed by atoms with Gasteiger partial charge in [-0.15, -0.1) is 0 Å². The second-order valence-electron chi connectivity index (χ2n) is 4.39. The molecular weight excluding hydrogens is 212 g/mol. The van der Waals surface area contributed by atoms with Gasteiger partial charge in [0, 0.05) is 18.3 Å². The summed E-state index contributed by atoms with van der Waals surface area (Å²) in [6.07, 6.45) is 3.04. The Morgan fingerprint density at radius 3 is 2.71 bits per heavy atom. The van der Waals surface area contributed by atoms with Crippen molar-refractivity contribution >= 4 is 0 Å². The molecule has 1 unspecified atom stereocenters. The van der Waals surface area contributed by atoms with Gasteiger partial charge in [0.1, 0.15) is 6.10 Å². The fourth-order valence-electron chi connectivity index (χ4n) is 2.01. The molecule has 0 saturated heterocycles. The lowest BCUT2D eigenvalue weighted by Gasteiger charge is -2.12. The number of aliphatic hydroxyl groups is 1. The van der Waals surface area contributed by atoms with E-state index in [-0.39, 0.29) is 0 Å². The highest BCUT2D eigenvalue weighted by Gasteiger charge is 2.14. The zero-order chi connectivity index (χ0) is 12.4. The van der Waals surface area contributed by atoms with E-state index in [0.29, 0.717) is 0 Å². The molecule has 3 heteroatoms. The quantitative estimate of drug-likeness (QED) is 0.880. The first-order valence-electron chi connectivity index (χ1n) is 5.89. The van der Waals surface area contributed by atoms with Crippen LogP contribution in [-0.4, -0.2) is 14.9 Å². The van der Waals surface area contributed by atoms with Crippen LogP contribution < -0.4 is 0 Å². The molecule has 0 aliphatic heterocycles. The van der Waals surface area contributed by atoms with E-state index in [1.54, 1.807) is 6.20 Å². The maximum Gasteiger partial charge on any atom is 0.107 e. The summed E-state index contributed by atoms with van der Waals surface area (Å²) in [5, 5.41) is 14.5. The van der Waals surface area contributed by atoms with E-state index in [2.05, 4.69) is 18.1 Å². The summed E-state index contributed by atoms with van der Waals surface area (Å²) in [6.45, 7) is 6.92. The molecule has 1 heterocycles. The van der Waals surface area contributed by atoms with Crippen molar-refractivity contribution in [3.8, 4) is 0 Å². The van der Waals surface area contributed by atoms with Gasteiger partial charge in [-0.25, -0.2) is 0 Å². The summed E-state index contributed by atoms with van der Waals surface area (Å²) >= 11 is 0. The summed E-state index contributed by atoms with van der Waals surface area (Å²) in [6, 6.07) is 6.09. The van der Waals surface area contributed by atoms with E-state index in [1.807, 2.05) is 36.9 Å². The van der Waals surface area contributed by atoms with Gasteiger partial charge in [-0.2, -0.15) is 5.10 Å². The van der Waals surface area contributed by atoms with Crippen molar-refractivity contribution in [3.05, 3.63) is 52.8 Å². The van der Waals surface area contributed by atoms with E-state index in [4.69, 9.17) is 0 Å². The van der Waals surface area contributed by atoms with E-state index in [1.165, 1.54) is 5.56 Å². The first kappa shape index (κ1) is 11.9. The predicted molar refractivity (Wildman–Crippen MR) is 67.9 cm³/mol. The molecule has 1 atom stereocenters. The minimum absolute atomic E-state index is 0.587. The van der Waals surface area contributed by atoms with Gasteiger partial charge in [0.2, 0.25) is 0 Å². The highest BCUT2D eigenvalue weighted by Crippen LogP contribution is 2.24. The number of rotatable bonds is 3. The molecule has 0 saturated carbocycles. The van der Waals surface area contributed by atoms with Gasteiger partial charge in [-0.3, -0.25) is 4.68 Å². The van der Waals surface area contributed by atoms with Crippen molar-refractivity contribution in [1.82, 2.24) is 9.78 Å². The lowest BCUT2D eigenvalue weighted by molar-refractivity contribution is 0.219. The smallest absolute Gasteiger partial charge is 0.107 e. The van der Waals surface area contributed by atoms with Crippen LogP contribution in [0.5, 0.6) is 0 Å². The van der Waals surface area contributed by atoms with E-state index >= 15 is 0 Å². The molecule has 0 amide bonds. The van der Waals surface area contributed by atoms with Crippen molar-refractivity contribution in [2.45, 2.75) is 33.4 Å². The second-order valence-corrected chi connectivity index (χ2v) is 4.39. The number of aliphatic hydroxyl groups excluding tert-OH is 1. The molecule has 90 valence electrons. The third-order valence-corrected chi connectivity index (χ3v) is 3.01. The minimum Gasteiger partial charge on any atom is -0.384 e. The molecule has 1 aromatic heterocycles. The van der Waals surface area contributed by atoms with Gasteiger partial charge in [-0.05, 0) is 31.9 Å². The Kier molecular flexibility index (Phi) is 3.29. The fourth-order valence-corrected chi connectivity index (χ4v) is 2.01. The van der Waals surface area contributed by atoms with E-state index in [9.17, 15) is 5.11 Å². The SMILES string of the molecule is CCn1cc(C(O)c2ccc(C)cc2C)cn1. The summed E-state index contributed by atoms with van der Waals surface area (Å²) in [5.41, 5.74) is 4.12. The predicted octanol–water partition coefficient (Wildman–Crippen LogP) is 2.60. The molecular formula is C14H18N2O. The van der Waals surface area contributed by atoms with Crippen molar-refractivity contribution in [2.24, 2.45) is 0 Å². The molecule has 0 aliphatic carbocycles. The number of nitrogens with zero attached hydrogens (tertiary/aromatic N) is 2. The molecule has 1 N–H and O–H groups in total. The zero-order valence-electron chi connectivity index (χ0n) is 10.5. The topological polar surface area (TPSA) is 38.0 Å². The Morgan fingerprint density at radius 1 is 1.35 bits per heavy atom. The number of aromatic nitrogens is 2. The molecule has 0 spiro atoms. The first-order valence-corrected chi connectivity index (χ1v) is 5.89. The van der Waals surface area contributed by atoms with Gasteiger partial charge >= 0.3 is 0 Å². The van der Waals surface area contributed by atoms with E-state index in [0.717, 1.165) is 23.2 Å². The molecule has 3 nitrogen and oxygen atoms in total. The van der Waals surface area contributed by atoms with Crippen LogP contribution in [0.3, 0.4) is 0 Å². The molecule has 0 fully saturated rings. The lowest BCUT2D eigenvalue weighted by atomic mass is 9.98. The second kappa shape index (κ2) is 4.72. The van der Waals surface area contributed by atoms with Crippen molar-refractivity contribution < 1.29 is 5.11 Å². The Bertz CT molecular complexity index is 517. The molecule has 0 bridgehead atoms. The van der Waals surface area contributed by atoms with Crippen LogP contribution >= 0.6 is 0 Å². The average molecular weight is 230 g/mol. The summed E-state index contributed by atoms with van der Waals surface area (Å²) < 4.78 is 1.82. The summed E-state index contributed by atoms with van der Waals surface area (Å²) in [4.78, 5) is 0. The van der Waals surface area contributed by atoms with Crippen molar-refractivity contribution in [1.29, 1.82) is 0 Å². The maximum absolute atomic E-state index is 10.3. The van der Waals surface area contributed by atoms with Crippen LogP contribution in [0.25, 0.3) is 0 Å². The highest BCUT2D eigenvalue weighted by molar-refractivity contribution is 5.36. The third-order valence-electron chi connectivity index (χ3n) is 3.01. The molecule has 17 heavy (non-hydrogen) atoms. The monoisotopic (exact) mass is 230 g/mol. The Labute approximate surface area is 102 Å². The largest absolute Gasteiger partial charge is 0.384 e. The van der Waals surface area contributed by atoms with Gasteiger partial charge in [0.05, 0.1) is 6.20 Å². The fraction of sp³-hybridized carbons (Fsp3) is 0.357. The Morgan fingerprint density at radius 2 is 2.12 bits per heavy atom. The average Bonchev–Trinajstić information content (AvgIpc) is 2.76. The van der Waals surface area contributed by atoms with Gasteiger partial charge < -0.3 is 5.11 Å². The standard InChI is InChI=1S/C14H18N2O/c1-4-16-9-12(8-15-16)14(17)13-6-5-10(2)7-11(13)3/h5-9,14,17H,4H2,1-3H3. The van der Waals surface area contributed by atoms with Crippen molar-refractivity contribution in [2.75, 3.05) is 0 Å². The van der Waals surface area contributed by atoms with Crippen LogP contribution in [-0.2, 0) is 6.54 Å². The van der Waals surface area contributed by atoms with Crippen LogP contribution in [0.15, 0.2) is 30.6 Å². The minimum atomic E-state index is -0.587. The van der Waals surface area contributed by atoms with Gasteiger partial charge in [0.25, 0.3) is 0 Å². The number of aryl methyl sites for hydroxylation is 3. The normalized spacial score (nSPS) is 12.7.